The summed E-state index contributed by atoms with van der Waals surface area (Å²) in [6.45, 7) is 5.30. The molecule has 2 aromatic carbocycles. The Hall–Kier alpha value is -3.12. The average molecular weight is 388 g/mol. The molecule has 6 nitrogen and oxygen atoms in total. The molecule has 0 spiro atoms. The maximum absolute atomic E-state index is 5.43. The van der Waals surface area contributed by atoms with Crippen molar-refractivity contribution in [2.75, 3.05) is 18.7 Å². The zero-order chi connectivity index (χ0) is 19.6. The number of rotatable bonds is 5. The van der Waals surface area contributed by atoms with Crippen LogP contribution in [0.1, 0.15) is 29.3 Å². The molecule has 3 aromatic rings. The molecule has 148 valence electrons. The Balaban J connectivity index is 1.25. The van der Waals surface area contributed by atoms with E-state index in [1.165, 1.54) is 16.7 Å². The fraction of sp³-hybridized carbons (Fsp3) is 0.304. The van der Waals surface area contributed by atoms with Crippen LogP contribution in [0.3, 0.4) is 0 Å². The van der Waals surface area contributed by atoms with Crippen molar-refractivity contribution in [3.63, 3.8) is 0 Å². The van der Waals surface area contributed by atoms with Crippen molar-refractivity contribution in [1.82, 2.24) is 14.9 Å². The monoisotopic (exact) mass is 388 g/mol. The molecule has 29 heavy (non-hydrogen) atoms. The number of aryl methyl sites for hydroxylation is 1. The van der Waals surface area contributed by atoms with E-state index in [1.54, 1.807) is 0 Å². The minimum Gasteiger partial charge on any atom is -0.454 e. The molecule has 0 saturated heterocycles. The van der Waals surface area contributed by atoms with E-state index in [4.69, 9.17) is 14.5 Å². The zero-order valence-corrected chi connectivity index (χ0v) is 16.5. The second kappa shape index (κ2) is 7.72. The zero-order valence-electron chi connectivity index (χ0n) is 16.5. The van der Waals surface area contributed by atoms with Crippen molar-refractivity contribution in [3.8, 4) is 11.5 Å². The number of aromatic nitrogens is 2. The summed E-state index contributed by atoms with van der Waals surface area (Å²) in [5.41, 5.74) is 5.96. The Labute approximate surface area is 170 Å². The molecule has 0 aliphatic carbocycles. The highest BCUT2D eigenvalue weighted by molar-refractivity contribution is 5.60. The van der Waals surface area contributed by atoms with Gasteiger partial charge in [-0.3, -0.25) is 4.90 Å². The highest BCUT2D eigenvalue weighted by Gasteiger charge is 2.19. The highest BCUT2D eigenvalue weighted by atomic mass is 16.7. The van der Waals surface area contributed by atoms with Crippen LogP contribution in [0.25, 0.3) is 0 Å². The Kier molecular flexibility index (Phi) is 4.77. The summed E-state index contributed by atoms with van der Waals surface area (Å²) in [6.07, 6.45) is 3.96. The minimum absolute atomic E-state index is 0.271. The van der Waals surface area contributed by atoms with Crippen LogP contribution in [-0.2, 0) is 25.9 Å². The molecule has 0 saturated carbocycles. The van der Waals surface area contributed by atoms with Crippen molar-refractivity contribution in [2.24, 2.45) is 0 Å². The molecule has 0 unspecified atom stereocenters. The first-order chi connectivity index (χ1) is 14.3. The normalized spacial score (nSPS) is 15.2. The SMILES string of the molecule is CCc1ccc(CN2CCc3nc(Nc4ccc5c(c4)OCO5)ncc3C2)cc1. The number of nitrogens with zero attached hydrogens (tertiary/aromatic N) is 3. The van der Waals surface area contributed by atoms with Gasteiger partial charge in [0.15, 0.2) is 11.5 Å². The topological polar surface area (TPSA) is 59.5 Å². The van der Waals surface area contributed by atoms with Crippen molar-refractivity contribution >= 4 is 11.6 Å². The predicted molar refractivity (Wildman–Crippen MR) is 112 cm³/mol. The van der Waals surface area contributed by atoms with Gasteiger partial charge in [-0.1, -0.05) is 31.2 Å². The van der Waals surface area contributed by atoms with E-state index in [0.717, 1.165) is 55.4 Å². The second-order valence-electron chi connectivity index (χ2n) is 7.49. The van der Waals surface area contributed by atoms with Crippen LogP contribution in [-0.4, -0.2) is 28.2 Å². The van der Waals surface area contributed by atoms with E-state index >= 15 is 0 Å². The number of hydrogen-bond donors (Lipinski definition) is 1. The van der Waals surface area contributed by atoms with Gasteiger partial charge in [0.2, 0.25) is 12.7 Å². The maximum atomic E-state index is 5.43. The lowest BCUT2D eigenvalue weighted by Crippen LogP contribution is -2.31. The van der Waals surface area contributed by atoms with Gasteiger partial charge in [-0.15, -0.1) is 0 Å². The molecule has 0 radical (unpaired) electrons. The van der Waals surface area contributed by atoms with Gasteiger partial charge in [0.25, 0.3) is 0 Å². The van der Waals surface area contributed by atoms with Gasteiger partial charge in [-0.2, -0.15) is 0 Å². The maximum Gasteiger partial charge on any atom is 0.231 e. The summed E-state index contributed by atoms with van der Waals surface area (Å²) in [4.78, 5) is 11.7. The Morgan fingerprint density at radius 2 is 1.86 bits per heavy atom. The molecule has 5 rings (SSSR count). The molecule has 1 N–H and O–H groups in total. The van der Waals surface area contributed by atoms with Crippen LogP contribution < -0.4 is 14.8 Å². The molecule has 1 aromatic heterocycles. The fourth-order valence-corrected chi connectivity index (χ4v) is 3.81. The predicted octanol–water partition coefficient (Wildman–Crippen LogP) is 4.07. The van der Waals surface area contributed by atoms with Gasteiger partial charge >= 0.3 is 0 Å². The quantitative estimate of drug-likeness (QED) is 0.711. The van der Waals surface area contributed by atoms with E-state index < -0.39 is 0 Å². The third-order valence-corrected chi connectivity index (χ3v) is 5.48. The van der Waals surface area contributed by atoms with Gasteiger partial charge in [0.05, 0.1) is 5.69 Å². The van der Waals surface area contributed by atoms with E-state index in [2.05, 4.69) is 46.4 Å². The molecule has 0 atom stereocenters. The number of nitrogens with one attached hydrogen (secondary N) is 1. The first-order valence-electron chi connectivity index (χ1n) is 10.1. The largest absolute Gasteiger partial charge is 0.454 e. The summed E-state index contributed by atoms with van der Waals surface area (Å²) in [5.74, 6) is 2.13. The molecule has 2 aliphatic rings. The first-order valence-corrected chi connectivity index (χ1v) is 10.1. The van der Waals surface area contributed by atoms with Crippen molar-refractivity contribution in [3.05, 3.63) is 71.0 Å². The van der Waals surface area contributed by atoms with Gasteiger partial charge < -0.3 is 14.8 Å². The molecular weight excluding hydrogens is 364 g/mol. The van der Waals surface area contributed by atoms with Crippen LogP contribution in [0.4, 0.5) is 11.6 Å². The molecular formula is C23H24N4O2. The Bertz CT molecular complexity index is 1020. The molecule has 0 fully saturated rings. The molecule has 0 amide bonds. The van der Waals surface area contributed by atoms with Gasteiger partial charge in [0, 0.05) is 49.6 Å². The number of anilines is 2. The van der Waals surface area contributed by atoms with Crippen LogP contribution in [0, 0.1) is 0 Å². The Morgan fingerprint density at radius 1 is 1.03 bits per heavy atom. The lowest BCUT2D eigenvalue weighted by Gasteiger charge is -2.28. The number of fused-ring (bicyclic) bond motifs is 2. The van der Waals surface area contributed by atoms with Crippen molar-refractivity contribution in [2.45, 2.75) is 32.9 Å². The first kappa shape index (κ1) is 17.9. The summed E-state index contributed by atoms with van der Waals surface area (Å²) in [7, 11) is 0. The van der Waals surface area contributed by atoms with Crippen molar-refractivity contribution in [1.29, 1.82) is 0 Å². The van der Waals surface area contributed by atoms with Crippen LogP contribution in [0.15, 0.2) is 48.7 Å². The van der Waals surface area contributed by atoms with Gasteiger partial charge in [-0.25, -0.2) is 9.97 Å². The number of ether oxygens (including phenoxy) is 2. The van der Waals surface area contributed by atoms with E-state index in [-0.39, 0.29) is 6.79 Å². The van der Waals surface area contributed by atoms with Crippen LogP contribution >= 0.6 is 0 Å². The third-order valence-electron chi connectivity index (χ3n) is 5.48. The summed E-state index contributed by atoms with van der Waals surface area (Å²) in [5, 5.41) is 3.27. The number of benzene rings is 2. The smallest absolute Gasteiger partial charge is 0.231 e. The molecule has 0 bridgehead atoms. The third kappa shape index (κ3) is 3.89. The van der Waals surface area contributed by atoms with Gasteiger partial charge in [-0.05, 0) is 29.7 Å². The molecule has 3 heterocycles. The van der Waals surface area contributed by atoms with E-state index in [1.807, 2.05) is 24.4 Å². The van der Waals surface area contributed by atoms with E-state index in [0.29, 0.717) is 5.95 Å². The average Bonchev–Trinajstić information content (AvgIpc) is 3.22. The molecule has 6 heteroatoms. The second-order valence-corrected chi connectivity index (χ2v) is 7.49. The lowest BCUT2D eigenvalue weighted by molar-refractivity contribution is 0.174. The van der Waals surface area contributed by atoms with Crippen LogP contribution in [0.5, 0.6) is 11.5 Å². The fourth-order valence-electron chi connectivity index (χ4n) is 3.81. The van der Waals surface area contributed by atoms with Gasteiger partial charge in [0.1, 0.15) is 0 Å². The summed E-state index contributed by atoms with van der Waals surface area (Å²) in [6, 6.07) is 14.7. The van der Waals surface area contributed by atoms with E-state index in [9.17, 15) is 0 Å². The Morgan fingerprint density at radius 3 is 2.72 bits per heavy atom. The standard InChI is InChI=1S/C23H24N4O2/c1-2-16-3-5-17(6-4-16)13-27-10-9-20-18(14-27)12-24-23(26-20)25-19-7-8-21-22(11-19)29-15-28-21/h3-8,11-12H,2,9-10,13-15H2,1H3,(H,24,25,26). The van der Waals surface area contributed by atoms with Crippen molar-refractivity contribution < 1.29 is 9.47 Å². The summed E-state index contributed by atoms with van der Waals surface area (Å²) >= 11 is 0. The highest BCUT2D eigenvalue weighted by Crippen LogP contribution is 2.34. The number of hydrogen-bond acceptors (Lipinski definition) is 6. The minimum atomic E-state index is 0.271. The molecule has 2 aliphatic heterocycles. The lowest BCUT2D eigenvalue weighted by atomic mass is 10.1. The van der Waals surface area contributed by atoms with Crippen LogP contribution in [0.2, 0.25) is 0 Å². The summed E-state index contributed by atoms with van der Waals surface area (Å²) < 4.78 is 10.8.